The Morgan fingerprint density at radius 3 is 2.42 bits per heavy atom. The van der Waals surface area contributed by atoms with Gasteiger partial charge in [-0.1, -0.05) is 25.5 Å². The van der Waals surface area contributed by atoms with Crippen LogP contribution in [-0.2, 0) is 19.9 Å². The van der Waals surface area contributed by atoms with Gasteiger partial charge in [0, 0.05) is 6.54 Å². The van der Waals surface area contributed by atoms with Crippen molar-refractivity contribution in [1.29, 1.82) is 0 Å². The van der Waals surface area contributed by atoms with Gasteiger partial charge >= 0.3 is 39.9 Å². The normalized spacial score (nSPS) is 33.3. The van der Waals surface area contributed by atoms with E-state index < -0.39 is 28.3 Å². The van der Waals surface area contributed by atoms with Crippen molar-refractivity contribution in [2.45, 2.75) is 46.2 Å². The molecular formula is C15H23N2NaO5S. The zero-order valence-electron chi connectivity index (χ0n) is 13.7. The fourth-order valence-electron chi connectivity index (χ4n) is 4.06. The van der Waals surface area contributed by atoms with Gasteiger partial charge in [0.1, 0.15) is 6.04 Å². The van der Waals surface area contributed by atoms with Crippen LogP contribution in [0.3, 0.4) is 0 Å². The van der Waals surface area contributed by atoms with Gasteiger partial charge in [-0.05, 0) is 31.6 Å². The predicted molar refractivity (Wildman–Crippen MR) is 89.6 cm³/mol. The number of nitrogens with zero attached hydrogens (tertiary/aromatic N) is 2. The predicted octanol–water partition coefficient (Wildman–Crippen LogP) is 0.191. The summed E-state index contributed by atoms with van der Waals surface area (Å²) in [7, 11) is -4.54. The van der Waals surface area contributed by atoms with Crippen LogP contribution in [0.5, 0.6) is 0 Å². The topological polar surface area (TPSA) is 95.0 Å². The molecule has 0 spiro atoms. The summed E-state index contributed by atoms with van der Waals surface area (Å²) in [5, 5.41) is 0. The van der Waals surface area contributed by atoms with Gasteiger partial charge in [-0.3, -0.25) is 14.1 Å². The molecule has 0 radical (unpaired) electrons. The Morgan fingerprint density at radius 1 is 1.33 bits per heavy atom. The number of amides is 2. The van der Waals surface area contributed by atoms with Crippen molar-refractivity contribution < 1.29 is 22.6 Å². The Morgan fingerprint density at radius 2 is 1.92 bits per heavy atom. The number of likely N-dealkylation sites (tertiary alicyclic amines) is 1. The van der Waals surface area contributed by atoms with Crippen molar-refractivity contribution in [3.05, 3.63) is 11.6 Å². The summed E-state index contributed by atoms with van der Waals surface area (Å²) in [5.41, 5.74) is 0.997. The molecule has 1 aliphatic carbocycles. The molecule has 7 nitrogen and oxygen atoms in total. The molecule has 130 valence electrons. The average Bonchev–Trinajstić information content (AvgIpc) is 2.76. The van der Waals surface area contributed by atoms with Gasteiger partial charge in [-0.15, -0.1) is 0 Å². The number of fused-ring (bicyclic) bond motifs is 1. The third-order valence-corrected chi connectivity index (χ3v) is 6.31. The summed E-state index contributed by atoms with van der Waals surface area (Å²) in [6.45, 7) is 8.38. The number of hydrogen-bond donors (Lipinski definition) is 1. The summed E-state index contributed by atoms with van der Waals surface area (Å²) in [6, 6.07) is -1.36. The van der Waals surface area contributed by atoms with E-state index in [1.165, 1.54) is 4.90 Å². The second kappa shape index (κ2) is 6.09. The van der Waals surface area contributed by atoms with E-state index in [4.69, 9.17) is 4.55 Å². The van der Waals surface area contributed by atoms with E-state index in [-0.39, 0.29) is 52.7 Å². The molecule has 24 heavy (non-hydrogen) atoms. The van der Waals surface area contributed by atoms with Gasteiger partial charge in [0.15, 0.2) is 0 Å². The SMILES string of the molecule is CC(C)=C[C@H]1[C@@H](C(=O)N2CC[C@@H]3[C@H]2C(=O)N3S(=O)(=O)O)C1(C)C.[NaH]. The Bertz CT molecular complexity index is 713. The van der Waals surface area contributed by atoms with Crippen LogP contribution in [0.25, 0.3) is 0 Å². The van der Waals surface area contributed by atoms with Crippen LogP contribution in [0.1, 0.15) is 34.1 Å². The van der Waals surface area contributed by atoms with E-state index in [0.717, 1.165) is 5.57 Å². The third kappa shape index (κ3) is 2.86. The molecule has 3 aliphatic rings. The fourth-order valence-corrected chi connectivity index (χ4v) is 4.96. The van der Waals surface area contributed by atoms with E-state index in [0.29, 0.717) is 17.3 Å². The van der Waals surface area contributed by atoms with Crippen molar-refractivity contribution in [2.24, 2.45) is 17.3 Å². The Kier molecular flexibility index (Phi) is 5.05. The maximum atomic E-state index is 12.8. The zero-order chi connectivity index (χ0) is 17.3. The molecule has 0 unspecified atom stereocenters. The van der Waals surface area contributed by atoms with Crippen molar-refractivity contribution in [2.75, 3.05) is 6.54 Å². The molecule has 4 atom stereocenters. The van der Waals surface area contributed by atoms with Crippen LogP contribution in [0.4, 0.5) is 0 Å². The van der Waals surface area contributed by atoms with Gasteiger partial charge in [0.2, 0.25) is 5.91 Å². The Balaban J connectivity index is 0.00000208. The quantitative estimate of drug-likeness (QED) is 0.333. The van der Waals surface area contributed by atoms with E-state index in [2.05, 4.69) is 6.08 Å². The molecule has 9 heteroatoms. The number of β-lactam (4-membered cyclic amide) rings is 1. The van der Waals surface area contributed by atoms with Gasteiger partial charge in [0.25, 0.3) is 5.91 Å². The molecule has 0 bridgehead atoms. The van der Waals surface area contributed by atoms with E-state index >= 15 is 0 Å². The molecule has 2 heterocycles. The second-order valence-corrected chi connectivity index (χ2v) is 8.80. The van der Waals surface area contributed by atoms with E-state index in [9.17, 15) is 18.0 Å². The van der Waals surface area contributed by atoms with Gasteiger partial charge in [-0.2, -0.15) is 8.42 Å². The number of carbonyl (C=O) groups is 2. The van der Waals surface area contributed by atoms with Crippen molar-refractivity contribution in [3.63, 3.8) is 0 Å². The molecule has 3 rings (SSSR count). The van der Waals surface area contributed by atoms with Crippen molar-refractivity contribution in [3.8, 4) is 0 Å². The zero-order valence-corrected chi connectivity index (χ0v) is 14.5. The van der Waals surface area contributed by atoms with Crippen LogP contribution in [0.15, 0.2) is 11.6 Å². The summed E-state index contributed by atoms with van der Waals surface area (Å²) in [6.07, 6.45) is 2.46. The molecule has 2 saturated heterocycles. The molecule has 0 aromatic rings. The standard InChI is InChI=1S/C15H22N2O5S.Na.H/c1-8(2)7-9-11(15(9,3)4)13(18)16-6-5-10-12(16)14(19)17(10)23(20,21)22;;/h7,9-12H,5-6H2,1-4H3,(H,20,21,22);;/t9-,10+,11-,12-;;/m0../s1. The van der Waals surface area contributed by atoms with Crippen molar-refractivity contribution in [1.82, 2.24) is 9.21 Å². The van der Waals surface area contributed by atoms with Gasteiger partial charge in [-0.25, -0.2) is 4.31 Å². The van der Waals surface area contributed by atoms with E-state index in [1.54, 1.807) is 0 Å². The first kappa shape index (κ1) is 19.9. The first-order valence-electron chi connectivity index (χ1n) is 7.74. The number of carbonyl (C=O) groups excluding carboxylic acids is 2. The minimum atomic E-state index is -4.54. The van der Waals surface area contributed by atoms with Crippen LogP contribution in [0.2, 0.25) is 0 Å². The summed E-state index contributed by atoms with van der Waals surface area (Å²) in [5.74, 6) is -0.829. The molecule has 1 saturated carbocycles. The molecule has 0 aromatic carbocycles. The van der Waals surface area contributed by atoms with Crippen LogP contribution in [-0.4, -0.2) is 82.2 Å². The molecule has 3 fully saturated rings. The van der Waals surface area contributed by atoms with Crippen molar-refractivity contribution >= 4 is 51.7 Å². The summed E-state index contributed by atoms with van der Waals surface area (Å²) in [4.78, 5) is 26.4. The second-order valence-electron chi connectivity index (χ2n) is 7.51. The third-order valence-electron chi connectivity index (χ3n) is 5.36. The van der Waals surface area contributed by atoms with Crippen LogP contribution in [0, 0.1) is 17.3 Å². The molecular weight excluding hydrogens is 343 g/mol. The van der Waals surface area contributed by atoms with Gasteiger partial charge < -0.3 is 4.90 Å². The summed E-state index contributed by atoms with van der Waals surface area (Å²) < 4.78 is 32.0. The fraction of sp³-hybridized carbons (Fsp3) is 0.733. The van der Waals surface area contributed by atoms with Crippen LogP contribution >= 0.6 is 0 Å². The molecule has 2 amide bonds. The molecule has 0 aromatic heterocycles. The number of allylic oxidation sites excluding steroid dienone is 2. The van der Waals surface area contributed by atoms with Gasteiger partial charge in [0.05, 0.1) is 12.0 Å². The Hall–Kier alpha value is -0.410. The first-order chi connectivity index (χ1) is 10.5. The molecule has 2 aliphatic heterocycles. The minimum absolute atomic E-state index is 0. The first-order valence-corrected chi connectivity index (χ1v) is 9.14. The molecule has 1 N–H and O–H groups in total. The maximum absolute atomic E-state index is 12.8. The Labute approximate surface area is 164 Å². The average molecular weight is 366 g/mol. The summed E-state index contributed by atoms with van der Waals surface area (Å²) >= 11 is 0. The van der Waals surface area contributed by atoms with E-state index in [1.807, 2.05) is 27.7 Å². The monoisotopic (exact) mass is 366 g/mol. The number of hydrogen-bond acceptors (Lipinski definition) is 4. The van der Waals surface area contributed by atoms with Crippen LogP contribution < -0.4 is 0 Å². The number of rotatable bonds is 3.